The van der Waals surface area contributed by atoms with Gasteiger partial charge >= 0.3 is 11.9 Å². The molecule has 5 N–H and O–H groups in total. The summed E-state index contributed by atoms with van der Waals surface area (Å²) in [4.78, 5) is 37.7. The number of hydrogen-bond acceptors (Lipinski definition) is 9. The van der Waals surface area contributed by atoms with Gasteiger partial charge in [0.05, 0.1) is 5.75 Å². The molecule has 1 aliphatic heterocycles. The second-order valence-electron chi connectivity index (χ2n) is 15.5. The number of carbonyl (C=O) groups excluding carboxylic acids is 2. The van der Waals surface area contributed by atoms with Crippen LogP contribution in [0.2, 0.25) is 0 Å². The van der Waals surface area contributed by atoms with Crippen LogP contribution in [0, 0.1) is 44.4 Å². The van der Waals surface area contributed by atoms with Gasteiger partial charge in [-0.3, -0.25) is 18.9 Å². The molecule has 0 bridgehead atoms. The van der Waals surface area contributed by atoms with E-state index in [0.717, 1.165) is 71.7 Å². The molecule has 0 aliphatic carbocycles. The number of nitrogens with one attached hydrogen (secondary N) is 1. The van der Waals surface area contributed by atoms with Gasteiger partial charge in [0.1, 0.15) is 29.1 Å². The fourth-order valence-electron chi connectivity index (χ4n) is 6.65. The van der Waals surface area contributed by atoms with E-state index in [1.807, 2.05) is 20.8 Å². The van der Waals surface area contributed by atoms with Crippen LogP contribution in [-0.4, -0.2) is 71.4 Å². The molecule has 4 unspecified atom stereocenters. The third kappa shape index (κ3) is 15.3. The SMILES string of the molecule is Cc1c(C)c2c(c(C)c1OC(=O)C(CSC[C@H](N)C(=O)O)C(=O)NCCS(=O)(=O)O)CCC(C)(CCCC(C)CCCC(C)CCCC(C)C)O2. The summed E-state index contributed by atoms with van der Waals surface area (Å²) in [6.45, 7) is 16.8. The van der Waals surface area contributed by atoms with E-state index in [4.69, 9.17) is 24.9 Å². The second-order valence-corrected chi connectivity index (χ2v) is 18.1. The molecule has 51 heavy (non-hydrogen) atoms. The zero-order valence-electron chi connectivity index (χ0n) is 32.1. The molecule has 11 nitrogen and oxygen atoms in total. The highest BCUT2D eigenvalue weighted by Gasteiger charge is 2.36. The predicted molar refractivity (Wildman–Crippen MR) is 204 cm³/mol. The monoisotopic (exact) mass is 756 g/mol. The Morgan fingerprint density at radius 2 is 1.53 bits per heavy atom. The van der Waals surface area contributed by atoms with Crippen LogP contribution in [0.5, 0.6) is 11.5 Å². The Hall–Kier alpha value is -2.35. The number of aliphatic carboxylic acids is 1. The molecule has 292 valence electrons. The molecule has 1 aliphatic rings. The quantitative estimate of drug-likeness (QED) is 0.0399. The van der Waals surface area contributed by atoms with Crippen molar-refractivity contribution in [3.8, 4) is 11.5 Å². The molecular formula is C38H64N2O9S2. The van der Waals surface area contributed by atoms with Crippen molar-refractivity contribution in [2.45, 2.75) is 138 Å². The number of hydrogen-bond donors (Lipinski definition) is 4. The number of benzene rings is 1. The lowest BCUT2D eigenvalue weighted by Gasteiger charge is -2.38. The first kappa shape index (κ1) is 44.8. The second kappa shape index (κ2) is 20.8. The zero-order chi connectivity index (χ0) is 38.5. The number of thioether (sulfide) groups is 1. The highest BCUT2D eigenvalue weighted by Crippen LogP contribution is 2.45. The van der Waals surface area contributed by atoms with E-state index in [2.05, 4.69) is 39.9 Å². The number of amides is 1. The maximum atomic E-state index is 13.5. The third-order valence-electron chi connectivity index (χ3n) is 10.2. The van der Waals surface area contributed by atoms with Crippen LogP contribution < -0.4 is 20.5 Å². The number of ether oxygens (including phenoxy) is 2. The van der Waals surface area contributed by atoms with Gasteiger partial charge in [0.25, 0.3) is 10.1 Å². The van der Waals surface area contributed by atoms with E-state index in [0.29, 0.717) is 17.2 Å². The zero-order valence-corrected chi connectivity index (χ0v) is 33.8. The summed E-state index contributed by atoms with van der Waals surface area (Å²) >= 11 is 0.999. The summed E-state index contributed by atoms with van der Waals surface area (Å²) in [6, 6.07) is -1.20. The molecule has 0 aromatic heterocycles. The van der Waals surface area contributed by atoms with Gasteiger partial charge < -0.3 is 25.6 Å². The van der Waals surface area contributed by atoms with Crippen molar-refractivity contribution < 1.29 is 41.9 Å². The van der Waals surface area contributed by atoms with Crippen LogP contribution in [0.1, 0.15) is 121 Å². The number of nitrogens with two attached hydrogens (primary N) is 1. The van der Waals surface area contributed by atoms with Gasteiger partial charge in [-0.1, -0.05) is 72.6 Å². The average Bonchev–Trinajstić information content (AvgIpc) is 3.02. The van der Waals surface area contributed by atoms with E-state index in [-0.39, 0.29) is 17.1 Å². The molecule has 1 aromatic rings. The first-order valence-corrected chi connectivity index (χ1v) is 21.3. The molecule has 13 heteroatoms. The van der Waals surface area contributed by atoms with Gasteiger partial charge in [0.15, 0.2) is 0 Å². The highest BCUT2D eigenvalue weighted by atomic mass is 32.2. The lowest BCUT2D eigenvalue weighted by Crippen LogP contribution is -2.41. The number of carbonyl (C=O) groups is 3. The normalized spacial score (nSPS) is 18.3. The van der Waals surface area contributed by atoms with Crippen molar-refractivity contribution in [1.82, 2.24) is 5.32 Å². The van der Waals surface area contributed by atoms with Crippen LogP contribution in [0.4, 0.5) is 0 Å². The van der Waals surface area contributed by atoms with Crippen LogP contribution in [0.15, 0.2) is 0 Å². The number of fused-ring (bicyclic) bond motifs is 1. The van der Waals surface area contributed by atoms with Crippen molar-refractivity contribution >= 4 is 39.7 Å². The van der Waals surface area contributed by atoms with Gasteiger partial charge in [0, 0.05) is 23.6 Å². The first-order chi connectivity index (χ1) is 23.7. The van der Waals surface area contributed by atoms with E-state index in [9.17, 15) is 22.8 Å². The molecule has 5 atom stereocenters. The van der Waals surface area contributed by atoms with Gasteiger partial charge in [-0.2, -0.15) is 20.2 Å². The number of rotatable bonds is 23. The van der Waals surface area contributed by atoms with Crippen LogP contribution in [0.25, 0.3) is 0 Å². The maximum Gasteiger partial charge on any atom is 0.324 e. The minimum Gasteiger partial charge on any atom is -0.487 e. The van der Waals surface area contributed by atoms with Crippen molar-refractivity contribution in [3.63, 3.8) is 0 Å². The topological polar surface area (TPSA) is 182 Å². The van der Waals surface area contributed by atoms with E-state index in [1.165, 1.54) is 44.9 Å². The highest BCUT2D eigenvalue weighted by molar-refractivity contribution is 7.99. The molecule has 0 radical (unpaired) electrons. The third-order valence-corrected chi connectivity index (χ3v) is 12.1. The summed E-state index contributed by atoms with van der Waals surface area (Å²) in [5.74, 6) is -1.77. The molecule has 0 saturated heterocycles. The average molecular weight is 757 g/mol. The Labute approximate surface area is 310 Å². The molecule has 0 saturated carbocycles. The van der Waals surface area contributed by atoms with Gasteiger partial charge in [0.2, 0.25) is 5.91 Å². The molecule has 1 aromatic carbocycles. The van der Waals surface area contributed by atoms with Gasteiger partial charge in [-0.25, -0.2) is 0 Å². The standard InChI is InChI=1S/C38H64N2O9S2/c1-24(2)12-9-13-25(3)14-10-15-26(4)16-11-18-38(8)19-17-30-29(7)33(27(5)28(6)34(30)49-38)48-37(44)31(22-50-23-32(39)36(42)43)35(41)40-20-21-51(45,46)47/h24-26,31-32H,9-23,39H2,1-8H3,(H,40,41)(H,42,43)(H,45,46,47)/t25?,26?,31?,32-,38?/m0/s1. The molecule has 1 amide bonds. The Morgan fingerprint density at radius 1 is 0.941 bits per heavy atom. The van der Waals surface area contributed by atoms with Crippen LogP contribution in [-0.2, 0) is 30.9 Å². The van der Waals surface area contributed by atoms with Crippen molar-refractivity contribution in [2.75, 3.05) is 23.8 Å². The van der Waals surface area contributed by atoms with Gasteiger partial charge in [-0.05, 0) is 87.8 Å². The van der Waals surface area contributed by atoms with Crippen LogP contribution >= 0.6 is 11.8 Å². The first-order valence-electron chi connectivity index (χ1n) is 18.6. The molecule has 2 rings (SSSR count). The maximum absolute atomic E-state index is 13.5. The Kier molecular flexibility index (Phi) is 18.3. The van der Waals surface area contributed by atoms with E-state index < -0.39 is 52.2 Å². The van der Waals surface area contributed by atoms with Gasteiger partial charge in [-0.15, -0.1) is 0 Å². The summed E-state index contributed by atoms with van der Waals surface area (Å²) in [5, 5.41) is 11.5. The summed E-state index contributed by atoms with van der Waals surface area (Å²) in [6.07, 6.45) is 12.6. The van der Waals surface area contributed by atoms with E-state index in [1.54, 1.807) is 0 Å². The fraction of sp³-hybridized carbons (Fsp3) is 0.763. The number of carboxylic acid groups (broad SMARTS) is 1. The molecule has 0 fully saturated rings. The Bertz CT molecular complexity index is 1430. The minimum absolute atomic E-state index is 0.0552. The molecular weight excluding hydrogens is 693 g/mol. The lowest BCUT2D eigenvalue weighted by molar-refractivity contribution is -0.144. The summed E-state index contributed by atoms with van der Waals surface area (Å²) in [7, 11) is -4.34. The molecule has 0 spiro atoms. The van der Waals surface area contributed by atoms with Crippen molar-refractivity contribution in [3.05, 3.63) is 22.3 Å². The van der Waals surface area contributed by atoms with E-state index >= 15 is 0 Å². The predicted octanol–water partition coefficient (Wildman–Crippen LogP) is 6.81. The van der Waals surface area contributed by atoms with Crippen LogP contribution in [0.3, 0.4) is 0 Å². The minimum atomic E-state index is -4.34. The van der Waals surface area contributed by atoms with Crippen molar-refractivity contribution in [2.24, 2.45) is 29.4 Å². The smallest absolute Gasteiger partial charge is 0.324 e. The lowest BCUT2D eigenvalue weighted by atomic mass is 9.83. The summed E-state index contributed by atoms with van der Waals surface area (Å²) < 4.78 is 43.9. The largest absolute Gasteiger partial charge is 0.487 e. The fourth-order valence-corrected chi connectivity index (χ4v) is 8.06. The Morgan fingerprint density at radius 3 is 2.10 bits per heavy atom. The number of carboxylic acids is 1. The van der Waals surface area contributed by atoms with Crippen molar-refractivity contribution in [1.29, 1.82) is 0 Å². The summed E-state index contributed by atoms with van der Waals surface area (Å²) in [5.41, 5.74) is 8.56. The Balaban J connectivity index is 2.06. The molecule has 1 heterocycles. The number of esters is 1.